The number of rotatable bonds is 9. The fourth-order valence-electron chi connectivity index (χ4n) is 4.46. The van der Waals surface area contributed by atoms with Crippen LogP contribution < -0.4 is 9.47 Å². The molecule has 2 aromatic heterocycles. The highest BCUT2D eigenvalue weighted by molar-refractivity contribution is 7.91. The zero-order valence-corrected chi connectivity index (χ0v) is 20.9. The average Bonchev–Trinajstić information content (AvgIpc) is 3.37. The Hall–Kier alpha value is -2.36. The van der Waals surface area contributed by atoms with E-state index in [4.69, 9.17) is 14.0 Å². The molecule has 0 N–H and O–H groups in total. The third-order valence-corrected chi connectivity index (χ3v) is 9.92. The van der Waals surface area contributed by atoms with Gasteiger partial charge in [0.2, 0.25) is 0 Å². The summed E-state index contributed by atoms with van der Waals surface area (Å²) in [6, 6.07) is 11.0. The van der Waals surface area contributed by atoms with Crippen molar-refractivity contribution in [3.63, 3.8) is 0 Å². The second-order valence-corrected chi connectivity index (χ2v) is 12.2. The molecule has 0 amide bonds. The van der Waals surface area contributed by atoms with Gasteiger partial charge in [0.05, 0.1) is 18.1 Å². The standard InChI is InChI=1S/C25H30N2O5S2/c1-30-22-11-8-18(16-23(22)32-20-6-4-2-3-5-7-20)17-27(19-9-10-19)34(28,29)25-13-12-24(33-25)21-14-15-31-26-21/h8,11-16,19-20H,2-7,9-10,17H2,1H3. The Balaban J connectivity index is 1.38. The average molecular weight is 503 g/mol. The van der Waals surface area contributed by atoms with Crippen molar-refractivity contribution in [2.24, 2.45) is 0 Å². The number of benzene rings is 1. The minimum absolute atomic E-state index is 0.0240. The maximum absolute atomic E-state index is 13.6. The number of hydrogen-bond acceptors (Lipinski definition) is 7. The van der Waals surface area contributed by atoms with Gasteiger partial charge in [0.1, 0.15) is 16.2 Å². The Morgan fingerprint density at radius 1 is 1.03 bits per heavy atom. The normalized spacial score (nSPS) is 17.6. The highest BCUT2D eigenvalue weighted by Gasteiger charge is 2.39. The number of nitrogens with zero attached hydrogens (tertiary/aromatic N) is 2. The number of thiophene rings is 1. The second kappa shape index (κ2) is 10.1. The predicted octanol–water partition coefficient (Wildman–Crippen LogP) is 5.87. The summed E-state index contributed by atoms with van der Waals surface area (Å²) in [7, 11) is -2.01. The summed E-state index contributed by atoms with van der Waals surface area (Å²) in [5.74, 6) is 1.38. The number of ether oxygens (including phenoxy) is 2. The molecule has 182 valence electrons. The summed E-state index contributed by atoms with van der Waals surface area (Å²) in [6.45, 7) is 0.301. The number of aromatic nitrogens is 1. The highest BCUT2D eigenvalue weighted by atomic mass is 32.2. The minimum Gasteiger partial charge on any atom is -0.493 e. The van der Waals surface area contributed by atoms with Gasteiger partial charge >= 0.3 is 0 Å². The molecule has 9 heteroatoms. The molecular formula is C25H30N2O5S2. The van der Waals surface area contributed by atoms with Gasteiger partial charge in [-0.2, -0.15) is 4.31 Å². The molecule has 2 aliphatic rings. The maximum Gasteiger partial charge on any atom is 0.253 e. The Morgan fingerprint density at radius 3 is 2.50 bits per heavy atom. The van der Waals surface area contributed by atoms with Gasteiger partial charge in [0, 0.05) is 18.7 Å². The van der Waals surface area contributed by atoms with Crippen LogP contribution in [-0.4, -0.2) is 37.1 Å². The molecular weight excluding hydrogens is 472 g/mol. The van der Waals surface area contributed by atoms with Crippen molar-refractivity contribution in [1.82, 2.24) is 9.46 Å². The quantitative estimate of drug-likeness (QED) is 0.341. The molecule has 34 heavy (non-hydrogen) atoms. The Labute approximate surface area is 204 Å². The van der Waals surface area contributed by atoms with Gasteiger partial charge in [-0.1, -0.05) is 24.1 Å². The monoisotopic (exact) mass is 502 g/mol. The largest absolute Gasteiger partial charge is 0.493 e. The van der Waals surface area contributed by atoms with E-state index in [0.29, 0.717) is 27.9 Å². The maximum atomic E-state index is 13.6. The van der Waals surface area contributed by atoms with E-state index in [2.05, 4.69) is 5.16 Å². The van der Waals surface area contributed by atoms with Crippen molar-refractivity contribution in [3.05, 3.63) is 48.2 Å². The van der Waals surface area contributed by atoms with Crippen molar-refractivity contribution >= 4 is 21.4 Å². The highest BCUT2D eigenvalue weighted by Crippen LogP contribution is 2.39. The molecule has 0 unspecified atom stereocenters. The minimum atomic E-state index is -3.65. The first-order valence-electron chi connectivity index (χ1n) is 11.9. The smallest absolute Gasteiger partial charge is 0.253 e. The molecule has 0 bridgehead atoms. The third kappa shape index (κ3) is 5.16. The SMILES string of the molecule is COc1ccc(CN(C2CC2)S(=O)(=O)c2ccc(-c3ccon3)s2)cc1OC1CCCCCC1. The molecule has 0 saturated heterocycles. The van der Waals surface area contributed by atoms with E-state index in [1.165, 1.54) is 43.3 Å². The fourth-order valence-corrected chi connectivity index (χ4v) is 7.53. The lowest BCUT2D eigenvalue weighted by molar-refractivity contribution is 0.176. The zero-order chi connectivity index (χ0) is 23.5. The molecule has 2 fully saturated rings. The van der Waals surface area contributed by atoms with Gasteiger partial charge in [0.15, 0.2) is 11.5 Å². The lowest BCUT2D eigenvalue weighted by Gasteiger charge is -2.23. The lowest BCUT2D eigenvalue weighted by atomic mass is 10.1. The lowest BCUT2D eigenvalue weighted by Crippen LogP contribution is -2.32. The van der Waals surface area contributed by atoms with Crippen LogP contribution in [0.15, 0.2) is 51.4 Å². The topological polar surface area (TPSA) is 81.9 Å². The molecule has 2 saturated carbocycles. The molecule has 3 aromatic rings. The number of hydrogen-bond donors (Lipinski definition) is 0. The van der Waals surface area contributed by atoms with Crippen LogP contribution in [0.1, 0.15) is 56.9 Å². The van der Waals surface area contributed by atoms with Crippen LogP contribution in [0.3, 0.4) is 0 Å². The van der Waals surface area contributed by atoms with Crippen molar-refractivity contribution in [1.29, 1.82) is 0 Å². The van der Waals surface area contributed by atoms with Crippen LogP contribution in [0, 0.1) is 0 Å². The predicted molar refractivity (Wildman–Crippen MR) is 131 cm³/mol. The number of methoxy groups -OCH3 is 1. The van der Waals surface area contributed by atoms with Crippen LogP contribution in [0.2, 0.25) is 0 Å². The third-order valence-electron chi connectivity index (χ3n) is 6.45. The molecule has 2 aliphatic carbocycles. The van der Waals surface area contributed by atoms with Crippen LogP contribution in [0.4, 0.5) is 0 Å². The van der Waals surface area contributed by atoms with Crippen LogP contribution in [0.5, 0.6) is 11.5 Å². The zero-order valence-electron chi connectivity index (χ0n) is 19.3. The summed E-state index contributed by atoms with van der Waals surface area (Å²) in [6.07, 6.45) is 10.4. The van der Waals surface area contributed by atoms with E-state index in [1.54, 1.807) is 29.6 Å². The first-order chi connectivity index (χ1) is 16.5. The van der Waals surface area contributed by atoms with E-state index in [9.17, 15) is 8.42 Å². The summed E-state index contributed by atoms with van der Waals surface area (Å²) < 4.78 is 46.0. The molecule has 7 nitrogen and oxygen atoms in total. The summed E-state index contributed by atoms with van der Waals surface area (Å²) in [5.41, 5.74) is 1.54. The second-order valence-electron chi connectivity index (χ2n) is 9.00. The Kier molecular flexibility index (Phi) is 6.94. The van der Waals surface area contributed by atoms with Crippen LogP contribution >= 0.6 is 11.3 Å². The van der Waals surface area contributed by atoms with Crippen molar-refractivity contribution in [2.75, 3.05) is 7.11 Å². The van der Waals surface area contributed by atoms with Gasteiger partial charge in [-0.25, -0.2) is 8.42 Å². The van der Waals surface area contributed by atoms with E-state index in [1.807, 2.05) is 18.2 Å². The summed E-state index contributed by atoms with van der Waals surface area (Å²) >= 11 is 1.22. The van der Waals surface area contributed by atoms with E-state index >= 15 is 0 Å². The fraction of sp³-hybridized carbons (Fsp3) is 0.480. The summed E-state index contributed by atoms with van der Waals surface area (Å²) in [5, 5.41) is 3.92. The van der Waals surface area contributed by atoms with Gasteiger partial charge < -0.3 is 14.0 Å². The van der Waals surface area contributed by atoms with Crippen molar-refractivity contribution < 1.29 is 22.4 Å². The van der Waals surface area contributed by atoms with Gasteiger partial charge in [-0.05, 0) is 68.4 Å². The first-order valence-corrected chi connectivity index (χ1v) is 14.2. The van der Waals surface area contributed by atoms with E-state index in [-0.39, 0.29) is 12.1 Å². The van der Waals surface area contributed by atoms with E-state index in [0.717, 1.165) is 36.1 Å². The van der Waals surface area contributed by atoms with Gasteiger partial charge in [-0.15, -0.1) is 11.3 Å². The molecule has 5 rings (SSSR count). The first kappa shape index (κ1) is 23.4. The van der Waals surface area contributed by atoms with Crippen LogP contribution in [0.25, 0.3) is 10.6 Å². The molecule has 0 atom stereocenters. The molecule has 0 aliphatic heterocycles. The Morgan fingerprint density at radius 2 is 1.82 bits per heavy atom. The number of sulfonamides is 1. The van der Waals surface area contributed by atoms with Crippen molar-refractivity contribution in [3.8, 4) is 22.1 Å². The van der Waals surface area contributed by atoms with Gasteiger partial charge in [0.25, 0.3) is 10.0 Å². The Bertz CT molecular complexity index is 1190. The summed E-state index contributed by atoms with van der Waals surface area (Å²) in [4.78, 5) is 0.770. The van der Waals surface area contributed by atoms with Crippen molar-refractivity contribution in [2.45, 2.75) is 74.3 Å². The van der Waals surface area contributed by atoms with Gasteiger partial charge in [-0.3, -0.25) is 0 Å². The molecule has 0 spiro atoms. The molecule has 2 heterocycles. The van der Waals surface area contributed by atoms with E-state index < -0.39 is 10.0 Å². The molecule has 0 radical (unpaired) electrons. The molecule has 1 aromatic carbocycles. The van der Waals surface area contributed by atoms with Crippen LogP contribution in [-0.2, 0) is 16.6 Å².